The van der Waals surface area contributed by atoms with Crippen LogP contribution in [0.1, 0.15) is 90.2 Å². The summed E-state index contributed by atoms with van der Waals surface area (Å²) in [5.41, 5.74) is 1.99. The summed E-state index contributed by atoms with van der Waals surface area (Å²) in [7, 11) is 1.72. The van der Waals surface area contributed by atoms with Gasteiger partial charge in [0, 0.05) is 19.9 Å². The Bertz CT molecular complexity index is 1110. The summed E-state index contributed by atoms with van der Waals surface area (Å²) in [6, 6.07) is 5.28. The molecule has 1 atom stereocenters. The normalized spacial score (nSPS) is 17.0. The minimum Gasteiger partial charge on any atom is -0.460 e. The Morgan fingerprint density at radius 2 is 1.76 bits per heavy atom. The lowest BCUT2D eigenvalue weighted by Crippen LogP contribution is -2.38. The molecule has 2 aromatic rings. The maximum Gasteiger partial charge on any atom is 0.329 e. The van der Waals surface area contributed by atoms with Gasteiger partial charge in [-0.1, -0.05) is 25.3 Å². The number of unbranched alkanes of at least 4 members (excludes halogenated alkanes) is 4. The number of nitrogens with one attached hydrogen (secondary N) is 1. The molecule has 0 saturated carbocycles. The van der Waals surface area contributed by atoms with E-state index in [1.165, 1.54) is 4.57 Å². The van der Waals surface area contributed by atoms with Gasteiger partial charge in [-0.25, -0.2) is 4.79 Å². The van der Waals surface area contributed by atoms with Crippen LogP contribution < -0.4 is 11.0 Å². The quantitative estimate of drug-likeness (QED) is 0.339. The molecule has 3 rings (SSSR count). The van der Waals surface area contributed by atoms with Gasteiger partial charge in [-0.15, -0.1) is 0 Å². The number of fused-ring (bicyclic) bond motifs is 1. The van der Waals surface area contributed by atoms with E-state index < -0.39 is 17.6 Å². The maximum absolute atomic E-state index is 13.0. The van der Waals surface area contributed by atoms with Gasteiger partial charge >= 0.3 is 11.7 Å². The molecule has 1 aliphatic rings. The second kappa shape index (κ2) is 11.0. The first-order chi connectivity index (χ1) is 16.1. The Kier molecular flexibility index (Phi) is 8.33. The second-order valence-electron chi connectivity index (χ2n) is 10.2. The van der Waals surface area contributed by atoms with E-state index in [9.17, 15) is 19.2 Å². The van der Waals surface area contributed by atoms with Crippen LogP contribution in [0, 0.1) is 0 Å². The van der Waals surface area contributed by atoms with Gasteiger partial charge in [0.1, 0.15) is 11.6 Å². The SMILES string of the molecule is Cn1c(=O)n(C2CCCC(=O)NC2=O)c2ccc(CCCCCCCC(=O)OC(C)(C)C)cc21. The number of esters is 1. The molecule has 0 radical (unpaired) electrons. The molecule has 34 heavy (non-hydrogen) atoms. The highest BCUT2D eigenvalue weighted by Gasteiger charge is 2.29. The Morgan fingerprint density at radius 1 is 1.06 bits per heavy atom. The predicted octanol–water partition coefficient (Wildman–Crippen LogP) is 3.93. The predicted molar refractivity (Wildman–Crippen MR) is 130 cm³/mol. The number of aromatic nitrogens is 2. The highest BCUT2D eigenvalue weighted by molar-refractivity contribution is 5.98. The molecule has 1 fully saturated rings. The van der Waals surface area contributed by atoms with Gasteiger partial charge in [-0.3, -0.25) is 28.8 Å². The van der Waals surface area contributed by atoms with Gasteiger partial charge in [0.25, 0.3) is 0 Å². The maximum atomic E-state index is 13.0. The summed E-state index contributed by atoms with van der Waals surface area (Å²) in [6.07, 6.45) is 7.71. The molecule has 1 aliphatic heterocycles. The first-order valence-electron chi connectivity index (χ1n) is 12.3. The van der Waals surface area contributed by atoms with Crippen LogP contribution in [-0.4, -0.2) is 32.5 Å². The third-order valence-electron chi connectivity index (χ3n) is 6.18. The zero-order valence-electron chi connectivity index (χ0n) is 20.8. The molecule has 0 bridgehead atoms. The highest BCUT2D eigenvalue weighted by atomic mass is 16.6. The molecule has 1 aromatic carbocycles. The molecule has 2 amide bonds. The highest BCUT2D eigenvalue weighted by Crippen LogP contribution is 2.24. The number of aryl methyl sites for hydroxylation is 2. The number of hydrogen-bond donors (Lipinski definition) is 1. The van der Waals surface area contributed by atoms with Crippen LogP contribution >= 0.6 is 0 Å². The van der Waals surface area contributed by atoms with E-state index in [4.69, 9.17) is 4.74 Å². The van der Waals surface area contributed by atoms with Crippen molar-refractivity contribution in [2.24, 2.45) is 7.05 Å². The van der Waals surface area contributed by atoms with E-state index >= 15 is 0 Å². The number of rotatable bonds is 9. The molecule has 8 heteroatoms. The van der Waals surface area contributed by atoms with E-state index in [-0.39, 0.29) is 17.6 Å². The summed E-state index contributed by atoms with van der Waals surface area (Å²) in [4.78, 5) is 48.9. The number of carbonyl (C=O) groups excluding carboxylic acids is 3. The molecule has 0 aliphatic carbocycles. The van der Waals surface area contributed by atoms with Gasteiger partial charge < -0.3 is 4.74 Å². The standard InChI is InChI=1S/C26H37N3O5/c1-26(2,3)34-23(31)14-9-7-5-6-8-11-18-15-16-19-21(17-18)28(4)25(33)29(19)20-12-10-13-22(30)27-24(20)32/h15-17,20H,5-14H2,1-4H3,(H,27,30,32). The number of nitrogens with zero attached hydrogens (tertiary/aromatic N) is 2. The Hall–Kier alpha value is -2.90. The lowest BCUT2D eigenvalue weighted by atomic mass is 10.0. The van der Waals surface area contributed by atoms with Crippen LogP contribution in [0.5, 0.6) is 0 Å². The third-order valence-corrected chi connectivity index (χ3v) is 6.18. The fourth-order valence-electron chi connectivity index (χ4n) is 4.50. The molecule has 0 spiro atoms. The molecule has 2 heterocycles. The van der Waals surface area contributed by atoms with Crippen LogP contribution in [0.3, 0.4) is 0 Å². The lowest BCUT2D eigenvalue weighted by Gasteiger charge is -2.19. The van der Waals surface area contributed by atoms with Gasteiger partial charge in [0.15, 0.2) is 0 Å². The molecule has 1 N–H and O–H groups in total. The van der Waals surface area contributed by atoms with Gasteiger partial charge in [0.2, 0.25) is 11.8 Å². The fraction of sp³-hybridized carbons (Fsp3) is 0.615. The third kappa shape index (κ3) is 6.58. The number of carbonyl (C=O) groups is 3. The van der Waals surface area contributed by atoms with Gasteiger partial charge in [-0.2, -0.15) is 0 Å². The molecular formula is C26H37N3O5. The van der Waals surface area contributed by atoms with E-state index in [2.05, 4.69) is 5.32 Å². The van der Waals surface area contributed by atoms with E-state index in [0.29, 0.717) is 31.2 Å². The molecular weight excluding hydrogens is 434 g/mol. The molecule has 186 valence electrons. The van der Waals surface area contributed by atoms with Crippen molar-refractivity contribution in [2.75, 3.05) is 0 Å². The van der Waals surface area contributed by atoms with Crippen molar-refractivity contribution in [3.8, 4) is 0 Å². The van der Waals surface area contributed by atoms with E-state index in [0.717, 1.165) is 49.6 Å². The Labute approximate surface area is 200 Å². The van der Waals surface area contributed by atoms with Gasteiger partial charge in [-0.05, 0) is 70.6 Å². The first kappa shape index (κ1) is 25.7. The van der Waals surface area contributed by atoms with Crippen LogP contribution in [0.2, 0.25) is 0 Å². The topological polar surface area (TPSA) is 99.4 Å². The number of imidazole rings is 1. The number of ether oxygens (including phenoxy) is 1. The first-order valence-corrected chi connectivity index (χ1v) is 12.3. The minimum absolute atomic E-state index is 0.133. The number of imide groups is 1. The van der Waals surface area contributed by atoms with Crippen molar-refractivity contribution >= 4 is 28.8 Å². The van der Waals surface area contributed by atoms with E-state index in [1.807, 2.05) is 39.0 Å². The largest absolute Gasteiger partial charge is 0.460 e. The van der Waals surface area contributed by atoms with Crippen LogP contribution in [0.25, 0.3) is 11.0 Å². The fourth-order valence-corrected chi connectivity index (χ4v) is 4.50. The van der Waals surface area contributed by atoms with Crippen LogP contribution in [0.4, 0.5) is 0 Å². The zero-order valence-corrected chi connectivity index (χ0v) is 20.8. The minimum atomic E-state index is -0.672. The van der Waals surface area contributed by atoms with Crippen molar-refractivity contribution in [1.29, 1.82) is 0 Å². The Morgan fingerprint density at radius 3 is 2.50 bits per heavy atom. The van der Waals surface area contributed by atoms with Crippen molar-refractivity contribution in [1.82, 2.24) is 14.5 Å². The van der Waals surface area contributed by atoms with Gasteiger partial charge in [0.05, 0.1) is 11.0 Å². The average Bonchev–Trinajstić information content (AvgIpc) is 2.87. The van der Waals surface area contributed by atoms with Crippen LogP contribution in [0.15, 0.2) is 23.0 Å². The summed E-state index contributed by atoms with van der Waals surface area (Å²) < 4.78 is 8.44. The molecule has 1 aromatic heterocycles. The van der Waals surface area contributed by atoms with Crippen molar-refractivity contribution in [2.45, 2.75) is 96.6 Å². The van der Waals surface area contributed by atoms with Crippen LogP contribution in [-0.2, 0) is 32.6 Å². The number of amides is 2. The summed E-state index contributed by atoms with van der Waals surface area (Å²) in [5, 5.41) is 2.40. The summed E-state index contributed by atoms with van der Waals surface area (Å²) in [6.45, 7) is 5.64. The molecule has 1 saturated heterocycles. The van der Waals surface area contributed by atoms with Crippen molar-refractivity contribution in [3.05, 3.63) is 34.2 Å². The number of benzene rings is 1. The summed E-state index contributed by atoms with van der Waals surface area (Å²) >= 11 is 0. The molecule has 1 unspecified atom stereocenters. The van der Waals surface area contributed by atoms with E-state index in [1.54, 1.807) is 11.6 Å². The molecule has 8 nitrogen and oxygen atoms in total. The smallest absolute Gasteiger partial charge is 0.329 e. The zero-order chi connectivity index (χ0) is 24.9. The monoisotopic (exact) mass is 471 g/mol. The average molecular weight is 472 g/mol. The second-order valence-corrected chi connectivity index (χ2v) is 10.2. The van der Waals surface area contributed by atoms with Crippen molar-refractivity contribution < 1.29 is 19.1 Å². The number of hydrogen-bond acceptors (Lipinski definition) is 5. The lowest BCUT2D eigenvalue weighted by molar-refractivity contribution is -0.155. The Balaban J connectivity index is 1.55. The summed E-state index contributed by atoms with van der Waals surface area (Å²) in [5.74, 6) is -0.827. The van der Waals surface area contributed by atoms with Crippen molar-refractivity contribution in [3.63, 3.8) is 0 Å².